The first kappa shape index (κ1) is 31.7. The molecule has 13 atom stereocenters. The molecular formula is C35H54O8. The van der Waals surface area contributed by atoms with Crippen molar-refractivity contribution >= 4 is 5.97 Å². The fourth-order valence-corrected chi connectivity index (χ4v) is 10.9. The number of carbonyl (C=O) groups excluding carboxylic acids is 1. The van der Waals surface area contributed by atoms with E-state index in [9.17, 15) is 25.2 Å². The monoisotopic (exact) mass is 602 g/mol. The second-order valence-corrected chi connectivity index (χ2v) is 15.6. The Balaban J connectivity index is 1.15. The maximum Gasteiger partial charge on any atom is 0.336 e. The normalized spacial score (nSPS) is 49.0. The van der Waals surface area contributed by atoms with E-state index in [1.807, 2.05) is 6.92 Å². The number of cyclic esters (lactones) is 1. The van der Waals surface area contributed by atoms with Crippen LogP contribution in [0.3, 0.4) is 0 Å². The first-order chi connectivity index (χ1) is 20.4. The second kappa shape index (κ2) is 11.5. The number of aliphatic hydroxyl groups is 4. The number of hydrogen-bond donors (Lipinski definition) is 4. The van der Waals surface area contributed by atoms with E-state index >= 15 is 0 Å². The third-order valence-electron chi connectivity index (χ3n) is 14.0. The number of ether oxygens (including phenoxy) is 3. The Morgan fingerprint density at radius 1 is 1.05 bits per heavy atom. The van der Waals surface area contributed by atoms with Gasteiger partial charge in [0.1, 0.15) is 18.3 Å². The van der Waals surface area contributed by atoms with Crippen LogP contribution in [0.5, 0.6) is 0 Å². The van der Waals surface area contributed by atoms with Crippen molar-refractivity contribution in [2.24, 2.45) is 39.9 Å². The first-order valence-corrected chi connectivity index (χ1v) is 16.8. The third kappa shape index (κ3) is 4.98. The Labute approximate surface area is 256 Å². The summed E-state index contributed by atoms with van der Waals surface area (Å²) in [6.45, 7) is 11.1. The minimum Gasteiger partial charge on any atom is -0.458 e. The molecule has 3 saturated carbocycles. The van der Waals surface area contributed by atoms with E-state index in [-0.39, 0.29) is 60.0 Å². The molecule has 4 aliphatic carbocycles. The molecular weight excluding hydrogens is 548 g/mol. The van der Waals surface area contributed by atoms with Gasteiger partial charge in [-0.15, -0.1) is 0 Å². The van der Waals surface area contributed by atoms with Gasteiger partial charge in [-0.3, -0.25) is 0 Å². The average molecular weight is 603 g/mol. The predicted molar refractivity (Wildman–Crippen MR) is 161 cm³/mol. The summed E-state index contributed by atoms with van der Waals surface area (Å²) >= 11 is 0. The Hall–Kier alpha value is -1.29. The molecule has 3 unspecified atom stereocenters. The number of aliphatic hydroxyl groups excluding tert-OH is 4. The minimum absolute atomic E-state index is 0.00852. The number of carbonyl (C=O) groups is 1. The lowest BCUT2D eigenvalue weighted by atomic mass is 9.44. The van der Waals surface area contributed by atoms with Crippen molar-refractivity contribution in [2.45, 2.75) is 136 Å². The van der Waals surface area contributed by atoms with Crippen molar-refractivity contribution in [3.8, 4) is 0 Å². The van der Waals surface area contributed by atoms with Gasteiger partial charge in [0.2, 0.25) is 0 Å². The first-order valence-electron chi connectivity index (χ1n) is 16.8. The van der Waals surface area contributed by atoms with Crippen LogP contribution >= 0.6 is 0 Å². The van der Waals surface area contributed by atoms with Crippen LogP contribution < -0.4 is 0 Å². The molecule has 0 bridgehead atoms. The summed E-state index contributed by atoms with van der Waals surface area (Å²) < 4.78 is 18.1. The molecule has 43 heavy (non-hydrogen) atoms. The molecule has 6 aliphatic rings. The number of hydrogen-bond acceptors (Lipinski definition) is 8. The van der Waals surface area contributed by atoms with Gasteiger partial charge in [0.05, 0.1) is 31.0 Å². The maximum atomic E-state index is 12.7. The topological polar surface area (TPSA) is 126 Å². The lowest BCUT2D eigenvalue weighted by Gasteiger charge is -2.61. The van der Waals surface area contributed by atoms with Crippen LogP contribution in [0, 0.1) is 39.9 Å². The van der Waals surface area contributed by atoms with Crippen LogP contribution in [0.1, 0.15) is 98.8 Å². The van der Waals surface area contributed by atoms with E-state index in [1.54, 1.807) is 0 Å². The van der Waals surface area contributed by atoms with Crippen LogP contribution in [-0.2, 0) is 19.0 Å². The summed E-state index contributed by atoms with van der Waals surface area (Å²) in [7, 11) is 0. The zero-order chi connectivity index (χ0) is 30.9. The summed E-state index contributed by atoms with van der Waals surface area (Å²) in [6, 6.07) is 0. The number of fused-ring (bicyclic) bond motifs is 5. The number of rotatable bonds is 6. The smallest absolute Gasteiger partial charge is 0.336 e. The SMILES string of the molecule is CC1=C(CO)C(=O)O[C@@H]([C@@H](C)[C@@]2(C)CCC3[C@@H]4CC=C5C[C@@H](OC6C[C@@H](O)[C@H](O)[C@@H](CO)O6)CC[C@]5(C)C4CC[C@@]32C)C1. The summed E-state index contributed by atoms with van der Waals surface area (Å²) in [5, 5.41) is 39.6. The highest BCUT2D eigenvalue weighted by Crippen LogP contribution is 2.71. The maximum absolute atomic E-state index is 12.7. The highest BCUT2D eigenvalue weighted by molar-refractivity contribution is 5.90. The Kier molecular flexibility index (Phi) is 8.47. The zero-order valence-corrected chi connectivity index (χ0v) is 26.8. The lowest BCUT2D eigenvalue weighted by molar-refractivity contribution is -0.271. The molecule has 6 rings (SSSR count). The second-order valence-electron chi connectivity index (χ2n) is 15.6. The predicted octanol–water partition coefficient (Wildman–Crippen LogP) is 4.43. The Morgan fingerprint density at radius 2 is 1.79 bits per heavy atom. The van der Waals surface area contributed by atoms with Crippen molar-refractivity contribution in [2.75, 3.05) is 13.2 Å². The van der Waals surface area contributed by atoms with Crippen LogP contribution in [0.2, 0.25) is 0 Å². The van der Waals surface area contributed by atoms with Crippen LogP contribution in [0.25, 0.3) is 0 Å². The van der Waals surface area contributed by atoms with Gasteiger partial charge in [0.25, 0.3) is 0 Å². The van der Waals surface area contributed by atoms with Crippen molar-refractivity contribution in [3.63, 3.8) is 0 Å². The van der Waals surface area contributed by atoms with Crippen molar-refractivity contribution in [1.82, 2.24) is 0 Å². The molecule has 8 heteroatoms. The summed E-state index contributed by atoms with van der Waals surface area (Å²) in [4.78, 5) is 12.7. The van der Waals surface area contributed by atoms with E-state index in [2.05, 4.69) is 33.8 Å². The van der Waals surface area contributed by atoms with E-state index in [0.717, 1.165) is 37.7 Å². The van der Waals surface area contributed by atoms with Gasteiger partial charge in [-0.1, -0.05) is 44.9 Å². The van der Waals surface area contributed by atoms with Gasteiger partial charge in [0, 0.05) is 12.8 Å². The van der Waals surface area contributed by atoms with Crippen LogP contribution in [-0.4, -0.2) is 76.4 Å². The average Bonchev–Trinajstić information content (AvgIpc) is 3.25. The highest BCUT2D eigenvalue weighted by atomic mass is 16.7. The molecule has 0 aromatic carbocycles. The van der Waals surface area contributed by atoms with Gasteiger partial charge in [-0.05, 0) is 98.2 Å². The van der Waals surface area contributed by atoms with E-state index in [4.69, 9.17) is 14.2 Å². The van der Waals surface area contributed by atoms with Crippen LogP contribution in [0.15, 0.2) is 22.8 Å². The molecule has 4 N–H and O–H groups in total. The van der Waals surface area contributed by atoms with Crippen molar-refractivity contribution < 1.29 is 39.4 Å². The summed E-state index contributed by atoms with van der Waals surface area (Å²) in [5.74, 6) is 1.84. The zero-order valence-electron chi connectivity index (χ0n) is 26.8. The molecule has 242 valence electrons. The molecule has 0 spiro atoms. The van der Waals surface area contributed by atoms with E-state index in [0.29, 0.717) is 29.7 Å². The molecule has 1 saturated heterocycles. The lowest BCUT2D eigenvalue weighted by Crippen LogP contribution is -2.55. The van der Waals surface area contributed by atoms with Crippen LogP contribution in [0.4, 0.5) is 0 Å². The number of allylic oxidation sites excluding steroid dienone is 1. The molecule has 0 aromatic rings. The Bertz CT molecular complexity index is 1150. The van der Waals surface area contributed by atoms with Crippen molar-refractivity contribution in [3.05, 3.63) is 22.8 Å². The van der Waals surface area contributed by atoms with Gasteiger partial charge >= 0.3 is 5.97 Å². The Morgan fingerprint density at radius 3 is 2.49 bits per heavy atom. The van der Waals surface area contributed by atoms with E-state index < -0.39 is 24.6 Å². The molecule has 2 aliphatic heterocycles. The highest BCUT2D eigenvalue weighted by Gasteiger charge is 2.64. The molecule has 8 nitrogen and oxygen atoms in total. The fraction of sp³-hybridized carbons (Fsp3) is 0.857. The molecule has 4 fully saturated rings. The van der Waals surface area contributed by atoms with Gasteiger partial charge in [-0.25, -0.2) is 4.79 Å². The fourth-order valence-electron chi connectivity index (χ4n) is 10.9. The third-order valence-corrected chi connectivity index (χ3v) is 14.0. The van der Waals surface area contributed by atoms with Gasteiger partial charge in [0.15, 0.2) is 6.29 Å². The van der Waals surface area contributed by atoms with E-state index in [1.165, 1.54) is 24.8 Å². The molecule has 0 radical (unpaired) electrons. The summed E-state index contributed by atoms with van der Waals surface area (Å²) in [6.07, 6.45) is 8.59. The number of esters is 1. The molecule has 0 aromatic heterocycles. The molecule has 2 heterocycles. The molecule has 0 amide bonds. The van der Waals surface area contributed by atoms with Gasteiger partial charge in [-0.2, -0.15) is 0 Å². The quantitative estimate of drug-likeness (QED) is 0.260. The van der Waals surface area contributed by atoms with Gasteiger partial charge < -0.3 is 34.6 Å². The summed E-state index contributed by atoms with van der Waals surface area (Å²) in [5.41, 5.74) is 3.33. The minimum atomic E-state index is -1.09. The standard InChI is InChI=1S/C35H54O8/c1-19-14-28(43-32(40)24(19)17-36)20(2)34(4)12-10-26-23-7-6-21-15-22(41-30-16-27(38)31(39)29(18-37)42-30)8-11-33(21,3)25(23)9-13-35(26,34)5/h6,20,22-23,25-31,36-39H,7-18H2,1-5H3/t20-,22+,23-,25?,26?,27-,28-,29-,30?,31+,33+,34-,35+/m1/s1. The largest absolute Gasteiger partial charge is 0.458 e. The van der Waals surface area contributed by atoms with Crippen molar-refractivity contribution in [1.29, 1.82) is 0 Å².